The largest absolute Gasteiger partial charge is 0.462 e. The van der Waals surface area contributed by atoms with Crippen LogP contribution in [-0.2, 0) is 28.6 Å². The molecular weight excluding hydrogens is 697 g/mol. The minimum atomic E-state index is -0.765. The van der Waals surface area contributed by atoms with Crippen LogP contribution in [0, 0.1) is 0 Å². The molecule has 0 aliphatic heterocycles. The smallest absolute Gasteiger partial charge is 0.306 e. The maximum absolute atomic E-state index is 12.7. The third kappa shape index (κ3) is 43.3. The molecule has 1 unspecified atom stereocenters. The average molecular weight is 791 g/mol. The number of allylic oxidation sites excluding steroid dienone is 2. The van der Waals surface area contributed by atoms with Gasteiger partial charge in [0.25, 0.3) is 0 Å². The van der Waals surface area contributed by atoms with Gasteiger partial charge < -0.3 is 14.2 Å². The van der Waals surface area contributed by atoms with Crippen LogP contribution in [0.15, 0.2) is 12.2 Å². The van der Waals surface area contributed by atoms with E-state index in [0.717, 1.165) is 64.2 Å². The van der Waals surface area contributed by atoms with Gasteiger partial charge in [0, 0.05) is 19.3 Å². The van der Waals surface area contributed by atoms with Gasteiger partial charge in [-0.3, -0.25) is 14.4 Å². The Bertz CT molecular complexity index is 870. The molecule has 0 saturated carbocycles. The number of unbranched alkanes of at least 4 members (excludes halogenated alkanes) is 32. The van der Waals surface area contributed by atoms with E-state index < -0.39 is 6.10 Å². The number of hydrogen-bond acceptors (Lipinski definition) is 6. The molecule has 0 spiro atoms. The predicted octanol–water partition coefficient (Wildman–Crippen LogP) is 15.8. The molecule has 0 saturated heterocycles. The van der Waals surface area contributed by atoms with Crippen molar-refractivity contribution < 1.29 is 28.6 Å². The summed E-state index contributed by atoms with van der Waals surface area (Å²) in [6.45, 7) is 6.60. The molecule has 0 N–H and O–H groups in total. The zero-order valence-corrected chi connectivity index (χ0v) is 37.7. The first-order valence-corrected chi connectivity index (χ1v) is 24.7. The Hall–Kier alpha value is -1.85. The first-order chi connectivity index (χ1) is 27.5. The Balaban J connectivity index is 4.21. The van der Waals surface area contributed by atoms with Crippen LogP contribution in [0.2, 0.25) is 0 Å². The molecule has 6 nitrogen and oxygen atoms in total. The minimum absolute atomic E-state index is 0.0690. The van der Waals surface area contributed by atoms with Crippen LogP contribution in [0.4, 0.5) is 0 Å². The maximum Gasteiger partial charge on any atom is 0.306 e. The van der Waals surface area contributed by atoms with Crippen molar-refractivity contribution in [3.8, 4) is 0 Å². The molecule has 0 aromatic carbocycles. The topological polar surface area (TPSA) is 78.9 Å². The average Bonchev–Trinajstić information content (AvgIpc) is 3.19. The van der Waals surface area contributed by atoms with Gasteiger partial charge in [0.15, 0.2) is 6.10 Å². The van der Waals surface area contributed by atoms with Gasteiger partial charge in [-0.15, -0.1) is 0 Å². The first kappa shape index (κ1) is 54.2. The summed E-state index contributed by atoms with van der Waals surface area (Å²) in [4.78, 5) is 37.7. The van der Waals surface area contributed by atoms with Crippen molar-refractivity contribution >= 4 is 17.9 Å². The Kier molecular flexibility index (Phi) is 44.3. The van der Waals surface area contributed by atoms with Gasteiger partial charge in [-0.05, 0) is 44.9 Å². The van der Waals surface area contributed by atoms with E-state index in [0.29, 0.717) is 19.3 Å². The van der Waals surface area contributed by atoms with Crippen LogP contribution in [-0.4, -0.2) is 37.2 Å². The van der Waals surface area contributed by atoms with Crippen molar-refractivity contribution in [1.29, 1.82) is 0 Å². The molecular formula is C50H94O6. The molecule has 330 valence electrons. The summed E-state index contributed by atoms with van der Waals surface area (Å²) < 4.78 is 16.7. The van der Waals surface area contributed by atoms with E-state index in [2.05, 4.69) is 32.9 Å². The van der Waals surface area contributed by atoms with Gasteiger partial charge in [-0.2, -0.15) is 0 Å². The Morgan fingerprint density at radius 3 is 0.911 bits per heavy atom. The van der Waals surface area contributed by atoms with E-state index in [1.807, 2.05) is 0 Å². The lowest BCUT2D eigenvalue weighted by atomic mass is 10.0. The van der Waals surface area contributed by atoms with Crippen molar-refractivity contribution in [1.82, 2.24) is 0 Å². The number of hydrogen-bond donors (Lipinski definition) is 0. The van der Waals surface area contributed by atoms with Gasteiger partial charge in [-0.1, -0.05) is 219 Å². The Morgan fingerprint density at radius 1 is 0.339 bits per heavy atom. The van der Waals surface area contributed by atoms with Crippen LogP contribution < -0.4 is 0 Å². The monoisotopic (exact) mass is 791 g/mol. The molecule has 0 aromatic rings. The van der Waals surface area contributed by atoms with Crippen molar-refractivity contribution in [2.45, 2.75) is 277 Å². The number of esters is 3. The highest BCUT2D eigenvalue weighted by Gasteiger charge is 2.19. The van der Waals surface area contributed by atoms with Crippen LogP contribution in [0.5, 0.6) is 0 Å². The molecule has 0 rings (SSSR count). The number of carbonyl (C=O) groups excluding carboxylic acids is 3. The first-order valence-electron chi connectivity index (χ1n) is 24.7. The molecule has 0 aliphatic carbocycles. The number of carbonyl (C=O) groups is 3. The second-order valence-corrected chi connectivity index (χ2v) is 16.7. The van der Waals surface area contributed by atoms with E-state index in [4.69, 9.17) is 14.2 Å². The van der Waals surface area contributed by atoms with E-state index in [1.165, 1.54) is 167 Å². The lowest BCUT2D eigenvalue weighted by Crippen LogP contribution is -2.30. The fourth-order valence-corrected chi connectivity index (χ4v) is 7.26. The van der Waals surface area contributed by atoms with Gasteiger partial charge in [0.1, 0.15) is 13.2 Å². The van der Waals surface area contributed by atoms with Gasteiger partial charge in [-0.25, -0.2) is 0 Å². The molecule has 6 heteroatoms. The lowest BCUT2D eigenvalue weighted by Gasteiger charge is -2.18. The highest BCUT2D eigenvalue weighted by atomic mass is 16.6. The summed E-state index contributed by atoms with van der Waals surface area (Å²) in [5.41, 5.74) is 0. The van der Waals surface area contributed by atoms with Crippen LogP contribution in [0.25, 0.3) is 0 Å². The fraction of sp³-hybridized carbons (Fsp3) is 0.900. The standard InChI is InChI=1S/C50H94O6/c1-4-7-10-13-16-18-20-22-23-24-25-26-28-29-31-34-37-40-43-49(52)55-46-47(45-54-48(51)42-39-36-33-15-12-9-6-3)56-50(53)44-41-38-35-32-30-27-21-19-17-14-11-8-5-2/h19,21,47H,4-18,20,22-46H2,1-3H3/b21-19-. The van der Waals surface area contributed by atoms with E-state index in [-0.39, 0.29) is 31.1 Å². The van der Waals surface area contributed by atoms with Gasteiger partial charge in [0.2, 0.25) is 0 Å². The minimum Gasteiger partial charge on any atom is -0.462 e. The Morgan fingerprint density at radius 2 is 0.589 bits per heavy atom. The molecule has 0 aliphatic rings. The predicted molar refractivity (Wildman–Crippen MR) is 238 cm³/mol. The molecule has 0 bridgehead atoms. The van der Waals surface area contributed by atoms with Crippen molar-refractivity contribution in [2.24, 2.45) is 0 Å². The highest BCUT2D eigenvalue weighted by Crippen LogP contribution is 2.16. The van der Waals surface area contributed by atoms with Crippen LogP contribution in [0.1, 0.15) is 271 Å². The van der Waals surface area contributed by atoms with Gasteiger partial charge in [0.05, 0.1) is 0 Å². The SMILES string of the molecule is CCCCCC/C=C\CCCCCCCC(=O)OC(COC(=O)CCCCCCCCC)COC(=O)CCCCCCCCCCCCCCCCCCCC. The number of rotatable bonds is 45. The zero-order valence-electron chi connectivity index (χ0n) is 37.7. The van der Waals surface area contributed by atoms with Crippen molar-refractivity contribution in [3.05, 3.63) is 12.2 Å². The third-order valence-corrected chi connectivity index (χ3v) is 11.0. The summed E-state index contributed by atoms with van der Waals surface area (Å²) in [6.07, 6.45) is 49.2. The molecule has 0 fully saturated rings. The second-order valence-electron chi connectivity index (χ2n) is 16.7. The highest BCUT2D eigenvalue weighted by molar-refractivity contribution is 5.71. The zero-order chi connectivity index (χ0) is 40.8. The molecule has 0 aromatic heterocycles. The summed E-state index contributed by atoms with van der Waals surface area (Å²) in [7, 11) is 0. The second kappa shape index (κ2) is 45.8. The van der Waals surface area contributed by atoms with E-state index in [9.17, 15) is 14.4 Å². The third-order valence-electron chi connectivity index (χ3n) is 11.0. The molecule has 0 radical (unpaired) electrons. The molecule has 0 amide bonds. The van der Waals surface area contributed by atoms with Gasteiger partial charge >= 0.3 is 17.9 Å². The molecule has 0 heterocycles. The van der Waals surface area contributed by atoms with Crippen molar-refractivity contribution in [2.75, 3.05) is 13.2 Å². The quantitative estimate of drug-likeness (QED) is 0.0264. The normalized spacial score (nSPS) is 12.0. The Labute approximate surface area is 348 Å². The van der Waals surface area contributed by atoms with E-state index in [1.54, 1.807) is 0 Å². The molecule has 56 heavy (non-hydrogen) atoms. The summed E-state index contributed by atoms with van der Waals surface area (Å²) in [5, 5.41) is 0. The van der Waals surface area contributed by atoms with Crippen molar-refractivity contribution in [3.63, 3.8) is 0 Å². The lowest BCUT2D eigenvalue weighted by molar-refractivity contribution is -0.167. The van der Waals surface area contributed by atoms with Crippen LogP contribution >= 0.6 is 0 Å². The molecule has 1 atom stereocenters. The summed E-state index contributed by atoms with van der Waals surface area (Å²) >= 11 is 0. The summed E-state index contributed by atoms with van der Waals surface area (Å²) in [6, 6.07) is 0. The fourth-order valence-electron chi connectivity index (χ4n) is 7.26. The van der Waals surface area contributed by atoms with E-state index >= 15 is 0 Å². The maximum atomic E-state index is 12.7. The summed E-state index contributed by atoms with van der Waals surface area (Å²) in [5.74, 6) is -0.872. The van der Waals surface area contributed by atoms with Crippen LogP contribution in [0.3, 0.4) is 0 Å². The number of ether oxygens (including phenoxy) is 3.